The number of hydrogen-bond donors (Lipinski definition) is 1. The van der Waals surface area contributed by atoms with Gasteiger partial charge in [0.25, 0.3) is 0 Å². The van der Waals surface area contributed by atoms with E-state index in [2.05, 4.69) is 15.2 Å². The van der Waals surface area contributed by atoms with Crippen LogP contribution in [0.1, 0.15) is 30.7 Å². The summed E-state index contributed by atoms with van der Waals surface area (Å²) in [4.78, 5) is 24.1. The minimum Gasteiger partial charge on any atom is -0.487 e. The van der Waals surface area contributed by atoms with Crippen LogP contribution in [0.15, 0.2) is 24.4 Å². The second-order valence-electron chi connectivity index (χ2n) is 7.97. The van der Waals surface area contributed by atoms with Gasteiger partial charge in [-0.1, -0.05) is 0 Å². The number of amides is 1. The van der Waals surface area contributed by atoms with Crippen molar-refractivity contribution in [1.82, 2.24) is 15.3 Å². The Labute approximate surface area is 172 Å². The van der Waals surface area contributed by atoms with Crippen LogP contribution in [0, 0.1) is 11.6 Å². The van der Waals surface area contributed by atoms with Crippen LogP contribution >= 0.6 is 0 Å². The molecule has 3 aliphatic heterocycles. The molecule has 0 saturated carbocycles. The van der Waals surface area contributed by atoms with E-state index in [0.717, 1.165) is 17.6 Å². The fourth-order valence-corrected chi connectivity index (χ4v) is 4.39. The smallest absolute Gasteiger partial charge is 0.235 e. The maximum absolute atomic E-state index is 13.8. The van der Waals surface area contributed by atoms with E-state index < -0.39 is 17.0 Å². The summed E-state index contributed by atoms with van der Waals surface area (Å²) < 4.78 is 38.2. The van der Waals surface area contributed by atoms with Gasteiger partial charge in [-0.15, -0.1) is 0 Å². The maximum atomic E-state index is 13.8. The second kappa shape index (κ2) is 7.46. The summed E-state index contributed by atoms with van der Waals surface area (Å²) in [5, 5.41) is 2.90. The van der Waals surface area contributed by atoms with Crippen LogP contribution in [0.2, 0.25) is 0 Å². The Kier molecular flexibility index (Phi) is 4.77. The number of nitrogens with one attached hydrogen (secondary N) is 1. The third kappa shape index (κ3) is 3.27. The standard InChI is InChI=1S/C21H22F2N4O3/c22-13-1-2-17(15(23)9-13)30-14-3-6-27(7-4-14)18-11-24-16-10-25-20(28)21(19(16)26-18)5-8-29-12-21/h1-2,9,11,14H,3-8,10,12H2,(H,25,28). The summed E-state index contributed by atoms with van der Waals surface area (Å²) in [6.45, 7) is 2.56. The molecule has 30 heavy (non-hydrogen) atoms. The summed E-state index contributed by atoms with van der Waals surface area (Å²) >= 11 is 0. The highest BCUT2D eigenvalue weighted by Crippen LogP contribution is 2.37. The first-order chi connectivity index (χ1) is 14.5. The topological polar surface area (TPSA) is 76.6 Å². The molecule has 1 unspecified atom stereocenters. The van der Waals surface area contributed by atoms with Crippen molar-refractivity contribution in [2.45, 2.75) is 37.3 Å². The van der Waals surface area contributed by atoms with Crippen molar-refractivity contribution in [3.63, 3.8) is 0 Å². The van der Waals surface area contributed by atoms with Gasteiger partial charge in [0, 0.05) is 38.6 Å². The van der Waals surface area contributed by atoms with Crippen molar-refractivity contribution < 1.29 is 23.0 Å². The first-order valence-electron chi connectivity index (χ1n) is 10.1. The minimum absolute atomic E-state index is 0.0487. The van der Waals surface area contributed by atoms with Crippen molar-refractivity contribution >= 4 is 11.7 Å². The van der Waals surface area contributed by atoms with Gasteiger partial charge in [0.15, 0.2) is 11.6 Å². The Morgan fingerprint density at radius 1 is 1.27 bits per heavy atom. The molecule has 5 rings (SSSR count). The molecule has 1 N–H and O–H groups in total. The first-order valence-corrected chi connectivity index (χ1v) is 10.1. The molecule has 3 aliphatic rings. The zero-order valence-corrected chi connectivity index (χ0v) is 16.4. The molecular weight excluding hydrogens is 394 g/mol. The van der Waals surface area contributed by atoms with Gasteiger partial charge in [-0.2, -0.15) is 0 Å². The number of halogens is 2. The number of anilines is 1. The summed E-state index contributed by atoms with van der Waals surface area (Å²) in [5.74, 6) is -0.578. The van der Waals surface area contributed by atoms with Crippen molar-refractivity contribution in [2.75, 3.05) is 31.2 Å². The normalized spacial score (nSPS) is 24.1. The van der Waals surface area contributed by atoms with Gasteiger partial charge >= 0.3 is 0 Å². The molecule has 7 nitrogen and oxygen atoms in total. The molecule has 1 aromatic heterocycles. The summed E-state index contributed by atoms with van der Waals surface area (Å²) in [7, 11) is 0. The van der Waals surface area contributed by atoms with Gasteiger partial charge < -0.3 is 19.7 Å². The number of benzene rings is 1. The van der Waals surface area contributed by atoms with Gasteiger partial charge in [0.1, 0.15) is 23.2 Å². The van der Waals surface area contributed by atoms with E-state index in [-0.39, 0.29) is 17.8 Å². The third-order valence-corrected chi connectivity index (χ3v) is 6.12. The van der Waals surface area contributed by atoms with Gasteiger partial charge in [-0.25, -0.2) is 13.8 Å². The molecule has 158 valence electrons. The lowest BCUT2D eigenvalue weighted by atomic mass is 9.79. The van der Waals surface area contributed by atoms with Gasteiger partial charge in [-0.3, -0.25) is 9.78 Å². The largest absolute Gasteiger partial charge is 0.487 e. The lowest BCUT2D eigenvalue weighted by molar-refractivity contribution is -0.128. The van der Waals surface area contributed by atoms with Crippen molar-refractivity contribution in [3.05, 3.63) is 47.4 Å². The lowest BCUT2D eigenvalue weighted by Gasteiger charge is -2.35. The Morgan fingerprint density at radius 3 is 2.83 bits per heavy atom. The highest BCUT2D eigenvalue weighted by atomic mass is 19.1. The molecule has 4 heterocycles. The number of carbonyl (C=O) groups is 1. The quantitative estimate of drug-likeness (QED) is 0.826. The molecule has 0 radical (unpaired) electrons. The molecule has 1 spiro atoms. The summed E-state index contributed by atoms with van der Waals surface area (Å²) in [5.41, 5.74) is 0.750. The van der Waals surface area contributed by atoms with Crippen molar-refractivity contribution in [1.29, 1.82) is 0 Å². The number of ether oxygens (including phenoxy) is 2. The van der Waals surface area contributed by atoms with Crippen LogP contribution < -0.4 is 15.0 Å². The number of nitrogens with zero attached hydrogens (tertiary/aromatic N) is 3. The third-order valence-electron chi connectivity index (χ3n) is 6.12. The average Bonchev–Trinajstić information content (AvgIpc) is 3.24. The van der Waals surface area contributed by atoms with Gasteiger partial charge in [0.2, 0.25) is 5.91 Å². The summed E-state index contributed by atoms with van der Waals surface area (Å²) in [6, 6.07) is 3.33. The number of aromatic nitrogens is 2. The minimum atomic E-state index is -0.752. The Bertz CT molecular complexity index is 973. The van der Waals surface area contributed by atoms with Crippen LogP contribution in [0.4, 0.5) is 14.6 Å². The molecule has 1 atom stereocenters. The van der Waals surface area contributed by atoms with Crippen LogP contribution in [-0.2, 0) is 21.5 Å². The van der Waals surface area contributed by atoms with E-state index >= 15 is 0 Å². The highest BCUT2D eigenvalue weighted by molar-refractivity contribution is 5.90. The number of hydrogen-bond acceptors (Lipinski definition) is 6. The highest BCUT2D eigenvalue weighted by Gasteiger charge is 2.49. The van der Waals surface area contributed by atoms with Crippen LogP contribution in [-0.4, -0.2) is 48.3 Å². The fourth-order valence-electron chi connectivity index (χ4n) is 4.39. The predicted molar refractivity (Wildman–Crippen MR) is 103 cm³/mol. The van der Waals surface area contributed by atoms with Gasteiger partial charge in [0.05, 0.1) is 30.7 Å². The van der Waals surface area contributed by atoms with E-state index in [4.69, 9.17) is 14.5 Å². The molecule has 1 aromatic carbocycles. The average molecular weight is 416 g/mol. The van der Waals surface area contributed by atoms with Gasteiger partial charge in [-0.05, 0) is 18.6 Å². The Morgan fingerprint density at radius 2 is 2.10 bits per heavy atom. The Balaban J connectivity index is 1.30. The van der Waals surface area contributed by atoms with E-state index in [1.54, 1.807) is 6.20 Å². The molecule has 9 heteroatoms. The van der Waals surface area contributed by atoms with Crippen LogP contribution in [0.5, 0.6) is 5.75 Å². The molecule has 2 saturated heterocycles. The Hall–Kier alpha value is -2.81. The molecule has 2 aromatic rings. The van der Waals surface area contributed by atoms with Crippen molar-refractivity contribution in [3.8, 4) is 5.75 Å². The van der Waals surface area contributed by atoms with E-state index in [1.807, 2.05) is 0 Å². The number of fused-ring (bicyclic) bond motifs is 2. The zero-order chi connectivity index (χ0) is 20.7. The molecule has 0 bridgehead atoms. The van der Waals surface area contributed by atoms with Crippen LogP contribution in [0.25, 0.3) is 0 Å². The van der Waals surface area contributed by atoms with Crippen molar-refractivity contribution in [2.24, 2.45) is 0 Å². The molecule has 2 fully saturated rings. The SMILES string of the molecule is O=C1NCc2ncc(N3CCC(Oc4ccc(F)cc4F)CC3)nc2C12CCOC2. The second-order valence-corrected chi connectivity index (χ2v) is 7.97. The van der Waals surface area contributed by atoms with Crippen LogP contribution in [0.3, 0.4) is 0 Å². The predicted octanol–water partition coefficient (Wildman–Crippen LogP) is 2.09. The van der Waals surface area contributed by atoms with E-state index in [1.165, 1.54) is 12.1 Å². The first kappa shape index (κ1) is 19.2. The lowest BCUT2D eigenvalue weighted by Crippen LogP contribution is -2.50. The zero-order valence-electron chi connectivity index (χ0n) is 16.4. The molecule has 1 amide bonds. The summed E-state index contributed by atoms with van der Waals surface area (Å²) in [6.07, 6.45) is 3.52. The number of rotatable bonds is 3. The monoisotopic (exact) mass is 416 g/mol. The number of piperidine rings is 1. The molecular formula is C21H22F2N4O3. The molecule has 0 aliphatic carbocycles. The fraction of sp³-hybridized carbons (Fsp3) is 0.476. The number of carbonyl (C=O) groups excluding carboxylic acids is 1. The van der Waals surface area contributed by atoms with E-state index in [0.29, 0.717) is 57.8 Å². The maximum Gasteiger partial charge on any atom is 0.235 e. The van der Waals surface area contributed by atoms with E-state index in [9.17, 15) is 13.6 Å².